The maximum absolute atomic E-state index is 12.6. The fourth-order valence-electron chi connectivity index (χ4n) is 1.18. The molecule has 108 valence electrons. The molecule has 10 heteroatoms. The van der Waals surface area contributed by atoms with E-state index in [0.29, 0.717) is 6.07 Å². The number of rotatable bonds is 3. The van der Waals surface area contributed by atoms with Crippen LogP contribution in [0.5, 0.6) is 11.8 Å². The molecule has 1 rings (SSSR count). The quantitative estimate of drug-likeness (QED) is 0.610. The molecule has 0 radical (unpaired) electrons. The standard InChI is InChI=1S/C9H6BrF6NO2/c1-18-6-4(3-10)2-5(8(11,12)13)7(17-6)19-9(14,15)16/h2H,3H2,1H3. The summed E-state index contributed by atoms with van der Waals surface area (Å²) in [6.07, 6.45) is -10.3. The van der Waals surface area contributed by atoms with E-state index in [9.17, 15) is 26.3 Å². The van der Waals surface area contributed by atoms with E-state index in [-0.39, 0.29) is 16.8 Å². The summed E-state index contributed by atoms with van der Waals surface area (Å²) in [5, 5.41) is -0.0709. The molecule has 1 aromatic heterocycles. The predicted molar refractivity (Wildman–Crippen MR) is 55.1 cm³/mol. The van der Waals surface area contributed by atoms with Gasteiger partial charge < -0.3 is 9.47 Å². The molecular formula is C9H6BrF6NO2. The van der Waals surface area contributed by atoms with E-state index in [0.717, 1.165) is 7.11 Å². The first-order chi connectivity index (χ1) is 8.58. The van der Waals surface area contributed by atoms with Crippen molar-refractivity contribution in [3.05, 3.63) is 17.2 Å². The third-order valence-corrected chi connectivity index (χ3v) is 2.49. The zero-order valence-electron chi connectivity index (χ0n) is 9.19. The van der Waals surface area contributed by atoms with Crippen LogP contribution in [0.25, 0.3) is 0 Å². The summed E-state index contributed by atoms with van der Waals surface area (Å²) in [7, 11) is 1.07. The minimum atomic E-state index is -5.28. The van der Waals surface area contributed by atoms with Crippen LogP contribution in [0, 0.1) is 0 Å². The molecule has 0 aliphatic heterocycles. The highest BCUT2D eigenvalue weighted by molar-refractivity contribution is 9.08. The van der Waals surface area contributed by atoms with Crippen LogP contribution in [0.15, 0.2) is 6.07 Å². The smallest absolute Gasteiger partial charge is 0.481 e. The second-order valence-electron chi connectivity index (χ2n) is 3.19. The summed E-state index contributed by atoms with van der Waals surface area (Å²) in [5.74, 6) is -1.98. The van der Waals surface area contributed by atoms with Gasteiger partial charge in [0.05, 0.1) is 7.11 Å². The number of methoxy groups -OCH3 is 1. The molecule has 1 heterocycles. The second-order valence-corrected chi connectivity index (χ2v) is 3.75. The van der Waals surface area contributed by atoms with Crippen LogP contribution in [0.4, 0.5) is 26.3 Å². The predicted octanol–water partition coefficient (Wildman–Crippen LogP) is 3.90. The minimum Gasteiger partial charge on any atom is -0.481 e. The maximum atomic E-state index is 12.6. The summed E-state index contributed by atoms with van der Waals surface area (Å²) in [5.41, 5.74) is -1.68. The van der Waals surface area contributed by atoms with Gasteiger partial charge in [0.2, 0.25) is 11.8 Å². The highest BCUT2D eigenvalue weighted by Gasteiger charge is 2.41. The molecule has 0 fully saturated rings. The first-order valence-electron chi connectivity index (χ1n) is 4.55. The lowest BCUT2D eigenvalue weighted by molar-refractivity contribution is -0.278. The first kappa shape index (κ1) is 15.9. The molecule has 0 atom stereocenters. The van der Waals surface area contributed by atoms with Crippen LogP contribution in [0.2, 0.25) is 0 Å². The van der Waals surface area contributed by atoms with Crippen LogP contribution < -0.4 is 9.47 Å². The number of hydrogen-bond acceptors (Lipinski definition) is 3. The van der Waals surface area contributed by atoms with Gasteiger partial charge in [-0.3, -0.25) is 0 Å². The Morgan fingerprint density at radius 2 is 1.74 bits per heavy atom. The summed E-state index contributed by atoms with van der Waals surface area (Å²) in [6, 6.07) is 0.488. The normalized spacial score (nSPS) is 12.4. The van der Waals surface area contributed by atoms with Crippen molar-refractivity contribution in [3.63, 3.8) is 0 Å². The number of aromatic nitrogens is 1. The summed E-state index contributed by atoms with van der Waals surface area (Å²) >= 11 is 2.89. The van der Waals surface area contributed by atoms with Crippen LogP contribution in [0.3, 0.4) is 0 Å². The molecule has 0 bridgehead atoms. The largest absolute Gasteiger partial charge is 0.574 e. The Hall–Kier alpha value is -1.19. The summed E-state index contributed by atoms with van der Waals surface area (Å²) in [4.78, 5) is 3.10. The average Bonchev–Trinajstić information content (AvgIpc) is 2.24. The molecule has 0 N–H and O–H groups in total. The van der Waals surface area contributed by atoms with Crippen molar-refractivity contribution in [1.82, 2.24) is 4.98 Å². The van der Waals surface area contributed by atoms with Gasteiger partial charge in [0.15, 0.2) is 0 Å². The van der Waals surface area contributed by atoms with Crippen molar-refractivity contribution in [2.45, 2.75) is 17.9 Å². The van der Waals surface area contributed by atoms with Crippen LogP contribution in [-0.2, 0) is 11.5 Å². The molecule has 19 heavy (non-hydrogen) atoms. The molecule has 1 aromatic rings. The zero-order valence-corrected chi connectivity index (χ0v) is 10.8. The van der Waals surface area contributed by atoms with Gasteiger partial charge in [0.25, 0.3) is 0 Å². The van der Waals surface area contributed by atoms with Crippen LogP contribution >= 0.6 is 15.9 Å². The van der Waals surface area contributed by atoms with Gasteiger partial charge >= 0.3 is 12.5 Å². The molecular weight excluding hydrogens is 348 g/mol. The highest BCUT2D eigenvalue weighted by Crippen LogP contribution is 2.40. The van der Waals surface area contributed by atoms with Crippen molar-refractivity contribution >= 4 is 15.9 Å². The molecule has 0 unspecified atom stereocenters. The van der Waals surface area contributed by atoms with Gasteiger partial charge in [-0.05, 0) is 6.07 Å². The number of ether oxygens (including phenoxy) is 2. The van der Waals surface area contributed by atoms with E-state index >= 15 is 0 Å². The van der Waals surface area contributed by atoms with E-state index in [1.165, 1.54) is 0 Å². The Kier molecular flexibility index (Phi) is 4.54. The van der Waals surface area contributed by atoms with Crippen molar-refractivity contribution in [3.8, 4) is 11.8 Å². The molecule has 0 aliphatic carbocycles. The minimum absolute atomic E-state index is 0.0515. The third kappa shape index (κ3) is 4.15. The summed E-state index contributed by atoms with van der Waals surface area (Å²) < 4.78 is 81.9. The lowest BCUT2D eigenvalue weighted by Crippen LogP contribution is -2.21. The molecule has 3 nitrogen and oxygen atoms in total. The van der Waals surface area contributed by atoms with Crippen LogP contribution in [0.1, 0.15) is 11.1 Å². The topological polar surface area (TPSA) is 31.4 Å². The lowest BCUT2D eigenvalue weighted by atomic mass is 10.2. The maximum Gasteiger partial charge on any atom is 0.574 e. The van der Waals surface area contributed by atoms with Gasteiger partial charge in [-0.2, -0.15) is 18.2 Å². The summed E-state index contributed by atoms with van der Waals surface area (Å²) in [6.45, 7) is 0. The Bertz CT molecular complexity index is 459. The average molecular weight is 354 g/mol. The Labute approximate surface area is 111 Å². The van der Waals surface area contributed by atoms with Gasteiger partial charge in [0.1, 0.15) is 5.56 Å². The number of pyridine rings is 1. The number of halogens is 7. The van der Waals surface area contributed by atoms with Crippen molar-refractivity contribution in [2.75, 3.05) is 7.11 Å². The lowest BCUT2D eigenvalue weighted by Gasteiger charge is -2.16. The van der Waals surface area contributed by atoms with E-state index < -0.39 is 24.0 Å². The van der Waals surface area contributed by atoms with E-state index in [1.807, 2.05) is 0 Å². The van der Waals surface area contributed by atoms with Gasteiger partial charge in [-0.15, -0.1) is 13.2 Å². The van der Waals surface area contributed by atoms with E-state index in [2.05, 4.69) is 30.4 Å². The van der Waals surface area contributed by atoms with Crippen molar-refractivity contribution in [1.29, 1.82) is 0 Å². The zero-order chi connectivity index (χ0) is 14.8. The highest BCUT2D eigenvalue weighted by atomic mass is 79.9. The van der Waals surface area contributed by atoms with Crippen LogP contribution in [-0.4, -0.2) is 18.5 Å². The first-order valence-corrected chi connectivity index (χ1v) is 5.67. The number of alkyl halides is 7. The van der Waals surface area contributed by atoms with Crippen molar-refractivity contribution < 1.29 is 35.8 Å². The molecule has 0 aromatic carbocycles. The van der Waals surface area contributed by atoms with Crippen molar-refractivity contribution in [2.24, 2.45) is 0 Å². The number of nitrogens with zero attached hydrogens (tertiary/aromatic N) is 1. The fourth-order valence-corrected chi connectivity index (χ4v) is 1.59. The third-order valence-electron chi connectivity index (χ3n) is 1.88. The van der Waals surface area contributed by atoms with Gasteiger partial charge in [-0.1, -0.05) is 15.9 Å². The number of hydrogen-bond donors (Lipinski definition) is 0. The molecule has 0 spiro atoms. The Balaban J connectivity index is 3.41. The Morgan fingerprint density at radius 3 is 2.11 bits per heavy atom. The monoisotopic (exact) mass is 353 g/mol. The molecule has 0 saturated carbocycles. The fraction of sp³-hybridized carbons (Fsp3) is 0.444. The van der Waals surface area contributed by atoms with Gasteiger partial charge in [0, 0.05) is 10.9 Å². The second kappa shape index (κ2) is 5.43. The Morgan fingerprint density at radius 1 is 1.16 bits per heavy atom. The SMILES string of the molecule is COc1nc(OC(F)(F)F)c(C(F)(F)F)cc1CBr. The molecule has 0 aliphatic rings. The van der Waals surface area contributed by atoms with Gasteiger partial charge in [-0.25, -0.2) is 0 Å². The molecule has 0 saturated heterocycles. The van der Waals surface area contributed by atoms with E-state index in [4.69, 9.17) is 0 Å². The van der Waals surface area contributed by atoms with E-state index in [1.54, 1.807) is 0 Å². The molecule has 0 amide bonds.